The van der Waals surface area contributed by atoms with Gasteiger partial charge in [-0.2, -0.15) is 0 Å². The van der Waals surface area contributed by atoms with Gasteiger partial charge in [0.2, 0.25) is 5.91 Å². The summed E-state index contributed by atoms with van der Waals surface area (Å²) in [6.07, 6.45) is 2.13. The molecule has 5 heteroatoms. The van der Waals surface area contributed by atoms with E-state index in [4.69, 9.17) is 0 Å². The molecule has 0 aliphatic carbocycles. The Morgan fingerprint density at radius 1 is 1.17 bits per heavy atom. The number of hydrogen-bond donors (Lipinski definition) is 1. The predicted molar refractivity (Wildman–Crippen MR) is 101 cm³/mol. The summed E-state index contributed by atoms with van der Waals surface area (Å²) in [4.78, 5) is 13.3. The van der Waals surface area contributed by atoms with Gasteiger partial charge in [-0.25, -0.2) is 0 Å². The zero-order chi connectivity index (χ0) is 16.2. The fraction of sp³-hybridized carbons (Fsp3) is 0.167. The van der Waals surface area contributed by atoms with Crippen LogP contribution in [-0.2, 0) is 11.3 Å². The molecular formula is C18H17BrN2OS. The van der Waals surface area contributed by atoms with Gasteiger partial charge in [0.15, 0.2) is 0 Å². The Kier molecular flexibility index (Phi) is 5.08. The molecule has 0 radical (unpaired) electrons. The third kappa shape index (κ3) is 3.79. The lowest BCUT2D eigenvalue weighted by Crippen LogP contribution is -2.13. The number of benzene rings is 2. The van der Waals surface area contributed by atoms with Crippen molar-refractivity contribution >= 4 is 50.2 Å². The number of rotatable bonds is 5. The highest BCUT2D eigenvalue weighted by Gasteiger charge is 2.10. The van der Waals surface area contributed by atoms with Gasteiger partial charge in [0.25, 0.3) is 0 Å². The van der Waals surface area contributed by atoms with E-state index in [0.717, 1.165) is 21.6 Å². The van der Waals surface area contributed by atoms with E-state index in [1.54, 1.807) is 11.8 Å². The van der Waals surface area contributed by atoms with Gasteiger partial charge in [0.05, 0.1) is 5.75 Å². The van der Waals surface area contributed by atoms with E-state index in [1.165, 1.54) is 10.9 Å². The lowest BCUT2D eigenvalue weighted by molar-refractivity contribution is -0.113. The van der Waals surface area contributed by atoms with Gasteiger partial charge in [-0.05, 0) is 37.3 Å². The van der Waals surface area contributed by atoms with Crippen molar-refractivity contribution in [1.82, 2.24) is 4.57 Å². The summed E-state index contributed by atoms with van der Waals surface area (Å²) >= 11 is 4.96. The molecular weight excluding hydrogens is 372 g/mol. The minimum absolute atomic E-state index is 0.00523. The molecule has 23 heavy (non-hydrogen) atoms. The average molecular weight is 389 g/mol. The van der Waals surface area contributed by atoms with Crippen LogP contribution in [0.1, 0.15) is 6.92 Å². The number of anilines is 1. The van der Waals surface area contributed by atoms with E-state index in [-0.39, 0.29) is 5.91 Å². The van der Waals surface area contributed by atoms with Crippen LogP contribution in [0.4, 0.5) is 5.69 Å². The van der Waals surface area contributed by atoms with Crippen molar-refractivity contribution in [3.63, 3.8) is 0 Å². The summed E-state index contributed by atoms with van der Waals surface area (Å²) in [5.74, 6) is 0.402. The SMILES string of the molecule is CCn1cc(SCC(=O)Nc2ccc(Br)cc2)c2ccccc21. The molecule has 3 nitrogen and oxygen atoms in total. The number of carbonyl (C=O) groups is 1. The number of carbonyl (C=O) groups excluding carboxylic acids is 1. The van der Waals surface area contributed by atoms with E-state index >= 15 is 0 Å². The number of fused-ring (bicyclic) bond motifs is 1. The van der Waals surface area contributed by atoms with E-state index in [1.807, 2.05) is 36.4 Å². The molecule has 3 aromatic rings. The second kappa shape index (κ2) is 7.23. The number of halogens is 1. The quantitative estimate of drug-likeness (QED) is 0.612. The number of thioether (sulfide) groups is 1. The van der Waals surface area contributed by atoms with Gasteiger partial charge < -0.3 is 9.88 Å². The Morgan fingerprint density at radius 3 is 2.65 bits per heavy atom. The highest BCUT2D eigenvalue weighted by Crippen LogP contribution is 2.30. The van der Waals surface area contributed by atoms with Crippen molar-refractivity contribution in [2.75, 3.05) is 11.1 Å². The van der Waals surface area contributed by atoms with Gasteiger partial charge in [-0.1, -0.05) is 34.1 Å². The smallest absolute Gasteiger partial charge is 0.234 e. The van der Waals surface area contributed by atoms with Crippen molar-refractivity contribution in [1.29, 1.82) is 0 Å². The van der Waals surface area contributed by atoms with Crippen molar-refractivity contribution in [3.8, 4) is 0 Å². The van der Waals surface area contributed by atoms with Crippen LogP contribution in [0, 0.1) is 0 Å². The third-order valence-electron chi connectivity index (χ3n) is 3.58. The Morgan fingerprint density at radius 2 is 1.91 bits per heavy atom. The first-order valence-corrected chi connectivity index (χ1v) is 9.21. The van der Waals surface area contributed by atoms with Crippen molar-refractivity contribution in [2.24, 2.45) is 0 Å². The molecule has 1 aromatic heterocycles. The summed E-state index contributed by atoms with van der Waals surface area (Å²) in [7, 11) is 0. The summed E-state index contributed by atoms with van der Waals surface area (Å²) in [5, 5.41) is 4.13. The number of hydrogen-bond acceptors (Lipinski definition) is 2. The molecule has 0 atom stereocenters. The topological polar surface area (TPSA) is 34.0 Å². The van der Waals surface area contributed by atoms with Crippen LogP contribution < -0.4 is 5.32 Å². The lowest BCUT2D eigenvalue weighted by Gasteiger charge is -2.05. The fourth-order valence-electron chi connectivity index (χ4n) is 2.46. The first kappa shape index (κ1) is 16.1. The molecule has 0 unspecified atom stereocenters. The molecule has 0 aliphatic heterocycles. The number of amides is 1. The molecule has 0 bridgehead atoms. The molecule has 0 saturated heterocycles. The van der Waals surface area contributed by atoms with E-state index < -0.39 is 0 Å². The van der Waals surface area contributed by atoms with E-state index in [2.05, 4.69) is 51.1 Å². The van der Waals surface area contributed by atoms with Gasteiger partial charge in [0, 0.05) is 38.7 Å². The molecule has 2 aromatic carbocycles. The maximum Gasteiger partial charge on any atom is 0.234 e. The third-order valence-corrected chi connectivity index (χ3v) is 5.15. The summed E-state index contributed by atoms with van der Waals surface area (Å²) in [6, 6.07) is 15.9. The minimum atomic E-state index is 0.00523. The maximum absolute atomic E-state index is 12.1. The number of aromatic nitrogens is 1. The van der Waals surface area contributed by atoms with Gasteiger partial charge in [-0.3, -0.25) is 4.79 Å². The molecule has 1 amide bonds. The molecule has 3 rings (SSSR count). The highest BCUT2D eigenvalue weighted by atomic mass is 79.9. The van der Waals surface area contributed by atoms with Crippen LogP contribution in [0.15, 0.2) is 64.1 Å². The zero-order valence-electron chi connectivity index (χ0n) is 12.8. The standard InChI is InChI=1S/C18H17BrN2OS/c1-2-21-11-17(15-5-3-4-6-16(15)21)23-12-18(22)20-14-9-7-13(19)8-10-14/h3-11H,2,12H2,1H3,(H,20,22). The largest absolute Gasteiger partial charge is 0.347 e. The van der Waals surface area contributed by atoms with Crippen molar-refractivity contribution in [2.45, 2.75) is 18.4 Å². The average Bonchev–Trinajstić information content (AvgIpc) is 2.93. The van der Waals surface area contributed by atoms with E-state index in [9.17, 15) is 4.79 Å². The number of aryl methyl sites for hydroxylation is 1. The molecule has 1 N–H and O–H groups in total. The lowest BCUT2D eigenvalue weighted by atomic mass is 10.2. The van der Waals surface area contributed by atoms with Crippen LogP contribution in [0.5, 0.6) is 0 Å². The molecule has 1 heterocycles. The fourth-order valence-corrected chi connectivity index (χ4v) is 3.62. The van der Waals surface area contributed by atoms with Crippen LogP contribution in [0.2, 0.25) is 0 Å². The minimum Gasteiger partial charge on any atom is -0.347 e. The van der Waals surface area contributed by atoms with Crippen LogP contribution in [0.25, 0.3) is 10.9 Å². The monoisotopic (exact) mass is 388 g/mol. The first-order chi connectivity index (χ1) is 11.2. The molecule has 0 spiro atoms. The van der Waals surface area contributed by atoms with Gasteiger partial charge in [0.1, 0.15) is 0 Å². The van der Waals surface area contributed by atoms with Crippen LogP contribution >= 0.6 is 27.7 Å². The van der Waals surface area contributed by atoms with E-state index in [0.29, 0.717) is 5.75 Å². The normalized spacial score (nSPS) is 10.9. The Labute approximate surface area is 148 Å². The van der Waals surface area contributed by atoms with Gasteiger partial charge >= 0.3 is 0 Å². The van der Waals surface area contributed by atoms with Crippen LogP contribution in [0.3, 0.4) is 0 Å². The Balaban J connectivity index is 1.68. The predicted octanol–water partition coefficient (Wildman–Crippen LogP) is 5.15. The molecule has 118 valence electrons. The number of para-hydroxylation sites is 1. The molecule has 0 aliphatic rings. The Hall–Kier alpha value is -1.72. The number of nitrogens with zero attached hydrogens (tertiary/aromatic N) is 1. The van der Waals surface area contributed by atoms with Crippen LogP contribution in [-0.4, -0.2) is 16.2 Å². The second-order valence-corrected chi connectivity index (χ2v) is 7.07. The summed E-state index contributed by atoms with van der Waals surface area (Å²) < 4.78 is 3.21. The highest BCUT2D eigenvalue weighted by molar-refractivity contribution is 9.10. The Bertz CT molecular complexity index is 827. The summed E-state index contributed by atoms with van der Waals surface area (Å²) in [5.41, 5.74) is 2.03. The van der Waals surface area contributed by atoms with Crippen molar-refractivity contribution in [3.05, 3.63) is 59.2 Å². The molecule has 0 saturated carbocycles. The maximum atomic E-state index is 12.1. The molecule has 0 fully saturated rings. The number of nitrogens with one attached hydrogen (secondary N) is 1. The second-order valence-electron chi connectivity index (χ2n) is 5.14. The first-order valence-electron chi connectivity index (χ1n) is 7.43. The van der Waals surface area contributed by atoms with Crippen molar-refractivity contribution < 1.29 is 4.79 Å². The summed E-state index contributed by atoms with van der Waals surface area (Å²) in [6.45, 7) is 3.05. The zero-order valence-corrected chi connectivity index (χ0v) is 15.2. The van der Waals surface area contributed by atoms with Gasteiger partial charge in [-0.15, -0.1) is 11.8 Å².